The van der Waals surface area contributed by atoms with E-state index in [-0.39, 0.29) is 24.4 Å². The first-order chi connectivity index (χ1) is 15.5. The molecular formula is C24H48O7Si3. The van der Waals surface area contributed by atoms with Crippen LogP contribution < -0.4 is 0 Å². The van der Waals surface area contributed by atoms with Crippen molar-refractivity contribution in [3.63, 3.8) is 0 Å². The van der Waals surface area contributed by atoms with Gasteiger partial charge < -0.3 is 22.4 Å². The van der Waals surface area contributed by atoms with Crippen LogP contribution in [0.3, 0.4) is 0 Å². The molecule has 0 aliphatic carbocycles. The Morgan fingerprint density at radius 2 is 1.29 bits per heavy atom. The summed E-state index contributed by atoms with van der Waals surface area (Å²) in [6.45, 7) is 26.3. The van der Waals surface area contributed by atoms with Crippen LogP contribution >= 0.6 is 0 Å². The number of rotatable bonds is 18. The Hall–Kier alpha value is -1.05. The van der Waals surface area contributed by atoms with E-state index in [2.05, 4.69) is 59.4 Å². The van der Waals surface area contributed by atoms with Crippen molar-refractivity contribution in [1.29, 1.82) is 0 Å². The molecule has 0 bridgehead atoms. The topological polar surface area (TPSA) is 80.3 Å². The van der Waals surface area contributed by atoms with Gasteiger partial charge in [0.05, 0.1) is 6.61 Å². The number of esters is 2. The predicted octanol–water partition coefficient (Wildman–Crippen LogP) is 5.95. The summed E-state index contributed by atoms with van der Waals surface area (Å²) >= 11 is 0. The molecule has 1 unspecified atom stereocenters. The maximum atomic E-state index is 11.9. The lowest BCUT2D eigenvalue weighted by molar-refractivity contribution is -0.157. The minimum Gasteiger partial charge on any atom is -0.458 e. The molecule has 7 nitrogen and oxygen atoms in total. The van der Waals surface area contributed by atoms with Crippen LogP contribution in [0.4, 0.5) is 0 Å². The molecule has 0 aliphatic heterocycles. The van der Waals surface area contributed by atoms with Crippen molar-refractivity contribution in [2.24, 2.45) is 0 Å². The maximum absolute atomic E-state index is 11.9. The Labute approximate surface area is 210 Å². The average Bonchev–Trinajstić information content (AvgIpc) is 2.67. The fraction of sp³-hybridized carbons (Fsp3) is 0.750. The summed E-state index contributed by atoms with van der Waals surface area (Å²) in [5.41, 5.74) is 0.556. The van der Waals surface area contributed by atoms with Crippen LogP contribution in [0.2, 0.25) is 51.4 Å². The lowest BCUT2D eigenvalue weighted by Gasteiger charge is -2.38. The fourth-order valence-corrected chi connectivity index (χ4v) is 17.7. The third kappa shape index (κ3) is 15.8. The molecule has 34 heavy (non-hydrogen) atoms. The second-order valence-electron chi connectivity index (χ2n) is 10.6. The van der Waals surface area contributed by atoms with Crippen LogP contribution in [-0.2, 0) is 32.0 Å². The highest BCUT2D eigenvalue weighted by atomic mass is 28.5. The van der Waals surface area contributed by atoms with Gasteiger partial charge in [-0.25, -0.2) is 9.59 Å². The molecule has 0 radical (unpaired) electrons. The highest BCUT2D eigenvalue weighted by Crippen LogP contribution is 2.26. The first-order valence-corrected chi connectivity index (χ1v) is 21.2. The fourth-order valence-electron chi connectivity index (χ4n) is 3.53. The number of hydrogen-bond acceptors (Lipinski definition) is 7. The summed E-state index contributed by atoms with van der Waals surface area (Å²) in [7, 11) is -5.85. The van der Waals surface area contributed by atoms with Gasteiger partial charge in [0.25, 0.3) is 0 Å². The van der Waals surface area contributed by atoms with Crippen molar-refractivity contribution in [2.75, 3.05) is 19.8 Å². The Morgan fingerprint density at radius 1 is 0.794 bits per heavy atom. The van der Waals surface area contributed by atoms with Gasteiger partial charge in [-0.05, 0) is 71.6 Å². The molecule has 0 aliphatic rings. The molecule has 0 fully saturated rings. The quantitative estimate of drug-likeness (QED) is 0.0934. The van der Waals surface area contributed by atoms with Crippen molar-refractivity contribution < 1.29 is 32.0 Å². The summed E-state index contributed by atoms with van der Waals surface area (Å²) in [5, 5.41) is 0. The Morgan fingerprint density at radius 3 is 1.76 bits per heavy atom. The molecule has 0 aromatic rings. The molecule has 0 heterocycles. The number of hydrogen-bond donors (Lipinski definition) is 0. The van der Waals surface area contributed by atoms with Crippen LogP contribution in [-0.4, -0.2) is 63.1 Å². The Bertz CT molecular complexity index is 690. The average molecular weight is 533 g/mol. The molecule has 0 amide bonds. The van der Waals surface area contributed by atoms with E-state index in [1.54, 1.807) is 13.8 Å². The van der Waals surface area contributed by atoms with Crippen LogP contribution in [0.5, 0.6) is 0 Å². The van der Waals surface area contributed by atoms with Crippen molar-refractivity contribution in [3.8, 4) is 0 Å². The van der Waals surface area contributed by atoms with E-state index in [1.807, 2.05) is 0 Å². The monoisotopic (exact) mass is 532 g/mol. The SMILES string of the molecule is C=C(C)C(=O)OCC(COCCC[Si](C)(C)O[Si](C)(C)O[Si](C)(C)CCCC)OC(=O)C(=C)C. The van der Waals surface area contributed by atoms with Gasteiger partial charge in [-0.1, -0.05) is 32.9 Å². The van der Waals surface area contributed by atoms with Crippen LogP contribution in [0.15, 0.2) is 24.3 Å². The van der Waals surface area contributed by atoms with Gasteiger partial charge in [0.15, 0.2) is 22.7 Å². The minimum atomic E-state index is -2.21. The van der Waals surface area contributed by atoms with E-state index in [0.29, 0.717) is 6.61 Å². The largest absolute Gasteiger partial charge is 0.458 e. The molecule has 198 valence electrons. The molecule has 0 spiro atoms. The predicted molar refractivity (Wildman–Crippen MR) is 145 cm³/mol. The van der Waals surface area contributed by atoms with Crippen molar-refractivity contribution in [1.82, 2.24) is 0 Å². The summed E-state index contributed by atoms with van der Waals surface area (Å²) in [6.07, 6.45) is 2.51. The maximum Gasteiger partial charge on any atom is 0.333 e. The molecule has 0 aromatic heterocycles. The van der Waals surface area contributed by atoms with Gasteiger partial charge in [-0.15, -0.1) is 0 Å². The molecule has 0 aromatic carbocycles. The molecule has 0 rings (SSSR count). The lowest BCUT2D eigenvalue weighted by atomic mass is 10.3. The van der Waals surface area contributed by atoms with Gasteiger partial charge in [0.1, 0.15) is 6.61 Å². The van der Waals surface area contributed by atoms with Crippen LogP contribution in [0, 0.1) is 0 Å². The Balaban J connectivity index is 4.63. The van der Waals surface area contributed by atoms with Gasteiger partial charge in [0, 0.05) is 17.8 Å². The van der Waals surface area contributed by atoms with Gasteiger partial charge in [0.2, 0.25) is 0 Å². The highest BCUT2D eigenvalue weighted by Gasteiger charge is 2.39. The number of carbonyl (C=O) groups is 2. The summed E-state index contributed by atoms with van der Waals surface area (Å²) in [6, 6.07) is 2.10. The van der Waals surface area contributed by atoms with Crippen molar-refractivity contribution in [2.45, 2.75) is 97.5 Å². The second kappa shape index (κ2) is 15.1. The number of ether oxygens (including phenoxy) is 3. The molecule has 10 heteroatoms. The zero-order valence-electron chi connectivity index (χ0n) is 23.0. The summed E-state index contributed by atoms with van der Waals surface area (Å²) < 4.78 is 29.4. The molecule has 0 saturated carbocycles. The normalized spacial score (nSPS) is 13.3. The first-order valence-electron chi connectivity index (χ1n) is 12.2. The smallest absolute Gasteiger partial charge is 0.333 e. The Kier molecular flexibility index (Phi) is 14.7. The zero-order valence-corrected chi connectivity index (χ0v) is 26.0. The van der Waals surface area contributed by atoms with E-state index in [1.165, 1.54) is 12.8 Å². The van der Waals surface area contributed by atoms with Gasteiger partial charge in [-0.2, -0.15) is 0 Å². The standard InChI is InChI=1S/C24H48O7Si3/c1-12-13-16-32(6,7)30-34(10,11)31-33(8,9)17-14-15-27-18-22(29-24(26)21(4)5)19-28-23(25)20(2)3/h22H,2,4,12-19H2,1,3,5-11H3. The molecule has 1 atom stereocenters. The van der Waals surface area contributed by atoms with Crippen LogP contribution in [0.25, 0.3) is 0 Å². The zero-order chi connectivity index (χ0) is 26.6. The van der Waals surface area contributed by atoms with E-state index in [9.17, 15) is 9.59 Å². The summed E-state index contributed by atoms with van der Waals surface area (Å²) in [4.78, 5) is 23.6. The van der Waals surface area contributed by atoms with E-state index < -0.39 is 43.2 Å². The molecule has 0 saturated heterocycles. The van der Waals surface area contributed by atoms with Gasteiger partial charge >= 0.3 is 20.5 Å². The van der Waals surface area contributed by atoms with Crippen LogP contribution in [0.1, 0.15) is 40.0 Å². The third-order valence-corrected chi connectivity index (χ3v) is 16.4. The van der Waals surface area contributed by atoms with Crippen molar-refractivity contribution >= 4 is 37.1 Å². The van der Waals surface area contributed by atoms with Gasteiger partial charge in [-0.3, -0.25) is 0 Å². The molecule has 0 N–H and O–H groups in total. The third-order valence-electron chi connectivity index (χ3n) is 4.92. The number of carbonyl (C=O) groups excluding carboxylic acids is 2. The number of unbranched alkanes of at least 4 members (excludes halogenated alkanes) is 1. The van der Waals surface area contributed by atoms with E-state index in [0.717, 1.165) is 18.5 Å². The summed E-state index contributed by atoms with van der Waals surface area (Å²) in [5.74, 6) is -1.07. The van der Waals surface area contributed by atoms with E-state index in [4.69, 9.17) is 22.4 Å². The first kappa shape index (κ1) is 33.0. The van der Waals surface area contributed by atoms with Crippen molar-refractivity contribution in [3.05, 3.63) is 24.3 Å². The lowest BCUT2D eigenvalue weighted by Crippen LogP contribution is -2.52. The molecular weight excluding hydrogens is 485 g/mol. The minimum absolute atomic E-state index is 0.0943. The van der Waals surface area contributed by atoms with E-state index >= 15 is 0 Å². The second-order valence-corrected chi connectivity index (χ2v) is 23.1. The highest BCUT2D eigenvalue weighted by molar-refractivity contribution is 6.87.